The highest BCUT2D eigenvalue weighted by Gasteiger charge is 2.11. The molecule has 4 heterocycles. The first kappa shape index (κ1) is 13.9. The van der Waals surface area contributed by atoms with Crippen LogP contribution in [0.3, 0.4) is 0 Å². The highest BCUT2D eigenvalue weighted by molar-refractivity contribution is 5.81. The molecule has 0 N–H and O–H groups in total. The van der Waals surface area contributed by atoms with Gasteiger partial charge in [-0.3, -0.25) is 4.68 Å². The number of nitrogens with zero attached hydrogens (tertiary/aromatic N) is 6. The van der Waals surface area contributed by atoms with Crippen molar-refractivity contribution in [3.8, 4) is 22.6 Å². The Hall–Kier alpha value is -3.54. The highest BCUT2D eigenvalue weighted by atomic mass is 15.3. The molecule has 6 heteroatoms. The zero-order chi connectivity index (χ0) is 16.8. The quantitative estimate of drug-likeness (QED) is 0.499. The van der Waals surface area contributed by atoms with Gasteiger partial charge in [-0.15, -0.1) is 0 Å². The van der Waals surface area contributed by atoms with Gasteiger partial charge in [0.05, 0.1) is 29.3 Å². The molecule has 0 atom stereocenters. The average molecular weight is 326 g/mol. The summed E-state index contributed by atoms with van der Waals surface area (Å²) < 4.78 is 3.60. The lowest BCUT2D eigenvalue weighted by Gasteiger charge is -2.04. The summed E-state index contributed by atoms with van der Waals surface area (Å²) in [4.78, 5) is 9.21. The Labute approximate surface area is 143 Å². The Morgan fingerprint density at radius 1 is 0.880 bits per heavy atom. The maximum atomic E-state index is 4.76. The number of benzene rings is 1. The molecule has 4 aromatic heterocycles. The molecule has 0 bridgehead atoms. The fraction of sp³-hybridized carbons (Fsp3) is 0.0526. The van der Waals surface area contributed by atoms with Crippen molar-refractivity contribution >= 4 is 16.6 Å². The second-order valence-corrected chi connectivity index (χ2v) is 5.92. The van der Waals surface area contributed by atoms with Gasteiger partial charge in [0.2, 0.25) is 0 Å². The molecule has 5 aromatic rings. The van der Waals surface area contributed by atoms with Crippen molar-refractivity contribution in [3.63, 3.8) is 0 Å². The molecular formula is C19H14N6. The van der Waals surface area contributed by atoms with E-state index in [1.807, 2.05) is 60.4 Å². The van der Waals surface area contributed by atoms with Crippen molar-refractivity contribution in [2.24, 2.45) is 7.05 Å². The maximum Gasteiger partial charge on any atom is 0.154 e. The van der Waals surface area contributed by atoms with Crippen LogP contribution in [0, 0.1) is 0 Å². The lowest BCUT2D eigenvalue weighted by Crippen LogP contribution is -1.97. The third-order valence-electron chi connectivity index (χ3n) is 4.22. The van der Waals surface area contributed by atoms with Gasteiger partial charge in [-0.1, -0.05) is 24.3 Å². The Kier molecular flexibility index (Phi) is 2.90. The molecule has 0 radical (unpaired) electrons. The van der Waals surface area contributed by atoms with Gasteiger partial charge in [0.15, 0.2) is 5.65 Å². The molecule has 0 aliphatic rings. The van der Waals surface area contributed by atoms with E-state index in [2.05, 4.69) is 22.2 Å². The minimum absolute atomic E-state index is 0.789. The molecule has 0 spiro atoms. The maximum absolute atomic E-state index is 4.76. The van der Waals surface area contributed by atoms with E-state index in [4.69, 9.17) is 10.1 Å². The molecule has 0 saturated heterocycles. The molecule has 5 rings (SSSR count). The number of aryl methyl sites for hydroxylation is 1. The van der Waals surface area contributed by atoms with Gasteiger partial charge < -0.3 is 0 Å². The smallest absolute Gasteiger partial charge is 0.154 e. The molecule has 6 nitrogen and oxygen atoms in total. The molecule has 0 fully saturated rings. The van der Waals surface area contributed by atoms with Crippen molar-refractivity contribution in [2.75, 3.05) is 0 Å². The van der Waals surface area contributed by atoms with Crippen LogP contribution in [-0.4, -0.2) is 29.4 Å². The number of rotatable bonds is 2. The summed E-state index contributed by atoms with van der Waals surface area (Å²) in [6, 6.07) is 16.1. The fourth-order valence-corrected chi connectivity index (χ4v) is 2.96. The molecular weight excluding hydrogens is 312 g/mol. The van der Waals surface area contributed by atoms with Gasteiger partial charge in [-0.05, 0) is 24.3 Å². The third-order valence-corrected chi connectivity index (χ3v) is 4.22. The van der Waals surface area contributed by atoms with Crippen LogP contribution in [0.1, 0.15) is 0 Å². The normalized spacial score (nSPS) is 11.4. The predicted molar refractivity (Wildman–Crippen MR) is 95.9 cm³/mol. The summed E-state index contributed by atoms with van der Waals surface area (Å²) in [7, 11) is 1.89. The topological polar surface area (TPSA) is 60.9 Å². The summed E-state index contributed by atoms with van der Waals surface area (Å²) in [6.07, 6.45) is 5.56. The van der Waals surface area contributed by atoms with Gasteiger partial charge in [0.1, 0.15) is 5.69 Å². The van der Waals surface area contributed by atoms with Crippen molar-refractivity contribution in [3.05, 3.63) is 67.1 Å². The Morgan fingerprint density at radius 2 is 1.76 bits per heavy atom. The summed E-state index contributed by atoms with van der Waals surface area (Å²) >= 11 is 0. The minimum atomic E-state index is 0.789. The Balaban J connectivity index is 1.69. The summed E-state index contributed by atoms with van der Waals surface area (Å²) in [5.41, 5.74) is 5.28. The molecule has 0 amide bonds. The molecule has 0 aliphatic heterocycles. The van der Waals surface area contributed by atoms with Crippen molar-refractivity contribution in [1.29, 1.82) is 0 Å². The van der Waals surface area contributed by atoms with Gasteiger partial charge in [-0.2, -0.15) is 10.2 Å². The molecule has 0 aliphatic carbocycles. The fourth-order valence-electron chi connectivity index (χ4n) is 2.96. The van der Waals surface area contributed by atoms with Crippen molar-refractivity contribution < 1.29 is 0 Å². The van der Waals surface area contributed by atoms with Crippen LogP contribution >= 0.6 is 0 Å². The summed E-state index contributed by atoms with van der Waals surface area (Å²) in [5, 5.41) is 10.1. The molecule has 1 aromatic carbocycles. The lowest BCUT2D eigenvalue weighted by molar-refractivity contribution is 0.768. The van der Waals surface area contributed by atoms with Crippen molar-refractivity contribution in [1.82, 2.24) is 29.4 Å². The number of para-hydroxylation sites is 1. The number of pyridine rings is 1. The van der Waals surface area contributed by atoms with E-state index in [-0.39, 0.29) is 0 Å². The number of hydrogen-bond acceptors (Lipinski definition) is 4. The van der Waals surface area contributed by atoms with Gasteiger partial charge in [-0.25, -0.2) is 14.5 Å². The molecule has 0 unspecified atom stereocenters. The zero-order valence-electron chi connectivity index (χ0n) is 13.5. The monoisotopic (exact) mass is 326 g/mol. The predicted octanol–water partition coefficient (Wildman–Crippen LogP) is 3.35. The van der Waals surface area contributed by atoms with Crippen molar-refractivity contribution in [2.45, 2.75) is 0 Å². The first-order valence-corrected chi connectivity index (χ1v) is 7.98. The lowest BCUT2D eigenvalue weighted by atomic mass is 10.2. The van der Waals surface area contributed by atoms with Gasteiger partial charge >= 0.3 is 0 Å². The number of hydrogen-bond donors (Lipinski definition) is 0. The zero-order valence-corrected chi connectivity index (χ0v) is 13.5. The van der Waals surface area contributed by atoms with Gasteiger partial charge in [0, 0.05) is 24.2 Å². The number of aromatic nitrogens is 6. The minimum Gasteiger partial charge on any atom is -0.275 e. The van der Waals surface area contributed by atoms with Crippen LogP contribution in [0.25, 0.3) is 39.2 Å². The van der Waals surface area contributed by atoms with E-state index in [0.29, 0.717) is 0 Å². The van der Waals surface area contributed by atoms with Crippen LogP contribution < -0.4 is 0 Å². The van der Waals surface area contributed by atoms with Crippen LogP contribution in [0.15, 0.2) is 67.1 Å². The van der Waals surface area contributed by atoms with Crippen LogP contribution in [0.5, 0.6) is 0 Å². The Bertz CT molecular complexity index is 1220. The second kappa shape index (κ2) is 5.24. The van der Waals surface area contributed by atoms with E-state index in [1.165, 1.54) is 0 Å². The second-order valence-electron chi connectivity index (χ2n) is 5.92. The molecule has 120 valence electrons. The Morgan fingerprint density at radius 3 is 2.64 bits per heavy atom. The van der Waals surface area contributed by atoms with Crippen LogP contribution in [-0.2, 0) is 7.05 Å². The first-order valence-electron chi connectivity index (χ1n) is 7.98. The summed E-state index contributed by atoms with van der Waals surface area (Å²) in [5.74, 6) is 0. The van der Waals surface area contributed by atoms with E-state index in [1.54, 1.807) is 10.9 Å². The third kappa shape index (κ3) is 2.27. The number of fused-ring (bicyclic) bond motifs is 2. The van der Waals surface area contributed by atoms with Crippen LogP contribution in [0.2, 0.25) is 0 Å². The SMILES string of the molecule is Cn1cc(-c2ccc3ncc(-c4ccc5ccccc5n4)n3n2)cn1. The standard InChI is InChI=1S/C19H14N6/c1-24-12-14(10-21-24)16-8-9-19-20-11-18(25(19)23-16)17-7-6-13-4-2-3-5-15(13)22-17/h2-12H,1H3. The van der Waals surface area contributed by atoms with E-state index >= 15 is 0 Å². The molecule has 25 heavy (non-hydrogen) atoms. The van der Waals surface area contributed by atoms with E-state index < -0.39 is 0 Å². The average Bonchev–Trinajstić information content (AvgIpc) is 3.27. The largest absolute Gasteiger partial charge is 0.275 e. The highest BCUT2D eigenvalue weighted by Crippen LogP contribution is 2.23. The first-order chi connectivity index (χ1) is 12.3. The number of imidazole rings is 1. The summed E-state index contributed by atoms with van der Waals surface area (Å²) in [6.45, 7) is 0. The molecule has 0 saturated carbocycles. The van der Waals surface area contributed by atoms with Gasteiger partial charge in [0.25, 0.3) is 0 Å². The van der Waals surface area contributed by atoms with E-state index in [9.17, 15) is 0 Å². The van der Waals surface area contributed by atoms with E-state index in [0.717, 1.165) is 39.2 Å². The van der Waals surface area contributed by atoms with Crippen LogP contribution in [0.4, 0.5) is 0 Å².